The van der Waals surface area contributed by atoms with Gasteiger partial charge in [0.15, 0.2) is 0 Å². The summed E-state index contributed by atoms with van der Waals surface area (Å²) in [6.07, 6.45) is 2.61. The first-order valence-electron chi connectivity index (χ1n) is 6.28. The van der Waals surface area contributed by atoms with Gasteiger partial charge in [-0.25, -0.2) is 0 Å². The molecule has 94 valence electrons. The molecule has 1 aromatic rings. The molecule has 0 heterocycles. The maximum absolute atomic E-state index is 10.4. The van der Waals surface area contributed by atoms with Crippen molar-refractivity contribution >= 4 is 11.6 Å². The van der Waals surface area contributed by atoms with Crippen LogP contribution in [0, 0.1) is 19.3 Å². The molecule has 1 aliphatic carbocycles. The van der Waals surface area contributed by atoms with Crippen LogP contribution in [0.15, 0.2) is 6.07 Å². The molecule has 2 rings (SSSR count). The highest BCUT2D eigenvalue weighted by atomic mass is 35.5. The van der Waals surface area contributed by atoms with E-state index in [1.54, 1.807) is 0 Å². The van der Waals surface area contributed by atoms with Crippen molar-refractivity contribution in [3.05, 3.63) is 33.3 Å². The number of aliphatic hydroxyl groups excluding tert-OH is 1. The maximum atomic E-state index is 10.4. The van der Waals surface area contributed by atoms with Gasteiger partial charge in [-0.05, 0) is 66.8 Å². The minimum Gasteiger partial charge on any atom is -0.388 e. The molecular weight excluding hydrogens is 232 g/mol. The quantitative estimate of drug-likeness (QED) is 0.681. The molecule has 0 spiro atoms. The van der Waals surface area contributed by atoms with E-state index in [4.69, 9.17) is 11.6 Å². The highest BCUT2D eigenvalue weighted by molar-refractivity contribution is 6.31. The van der Waals surface area contributed by atoms with Crippen LogP contribution in [0.2, 0.25) is 5.02 Å². The molecule has 0 radical (unpaired) electrons. The predicted molar refractivity (Wildman–Crippen MR) is 72.6 cm³/mol. The molecule has 0 saturated carbocycles. The summed E-state index contributed by atoms with van der Waals surface area (Å²) in [5.41, 5.74) is 4.86. The number of aliphatic hydroxyl groups is 1. The van der Waals surface area contributed by atoms with Gasteiger partial charge in [-0.1, -0.05) is 25.4 Å². The molecule has 1 unspecified atom stereocenters. The highest BCUT2D eigenvalue weighted by Crippen LogP contribution is 2.42. The lowest BCUT2D eigenvalue weighted by Crippen LogP contribution is -2.14. The second-order valence-electron chi connectivity index (χ2n) is 6.08. The molecule has 1 nitrogen and oxygen atoms in total. The van der Waals surface area contributed by atoms with E-state index < -0.39 is 0 Å². The number of aryl methyl sites for hydroxylation is 1. The summed E-state index contributed by atoms with van der Waals surface area (Å²) in [7, 11) is 0. The Morgan fingerprint density at radius 1 is 1.35 bits per heavy atom. The predicted octanol–water partition coefficient (Wildman–Crippen LogP) is 4.35. The Morgan fingerprint density at radius 2 is 2.00 bits per heavy atom. The lowest BCUT2D eigenvalue weighted by molar-refractivity contribution is 0.116. The summed E-state index contributed by atoms with van der Waals surface area (Å²) in [6, 6.07) is 2.03. The van der Waals surface area contributed by atoms with Crippen molar-refractivity contribution in [2.24, 2.45) is 5.41 Å². The number of hydrogen-bond donors (Lipinski definition) is 1. The molecule has 0 amide bonds. The van der Waals surface area contributed by atoms with Crippen LogP contribution in [0.5, 0.6) is 0 Å². The first-order chi connectivity index (χ1) is 7.82. The van der Waals surface area contributed by atoms with Gasteiger partial charge in [-0.3, -0.25) is 0 Å². The third-order valence-corrected chi connectivity index (χ3v) is 4.43. The second kappa shape index (κ2) is 4.29. The number of halogens is 1. The molecule has 0 bridgehead atoms. The van der Waals surface area contributed by atoms with Gasteiger partial charge in [0.1, 0.15) is 0 Å². The van der Waals surface area contributed by atoms with Crippen molar-refractivity contribution in [3.8, 4) is 0 Å². The third kappa shape index (κ3) is 2.36. The summed E-state index contributed by atoms with van der Waals surface area (Å²) < 4.78 is 0. The molecule has 0 saturated heterocycles. The van der Waals surface area contributed by atoms with Crippen molar-refractivity contribution in [2.75, 3.05) is 0 Å². The molecular formula is C15H21ClO. The Morgan fingerprint density at radius 3 is 2.65 bits per heavy atom. The molecule has 1 atom stereocenters. The van der Waals surface area contributed by atoms with E-state index in [1.807, 2.05) is 13.0 Å². The van der Waals surface area contributed by atoms with Crippen LogP contribution < -0.4 is 0 Å². The number of benzene rings is 1. The van der Waals surface area contributed by atoms with Crippen molar-refractivity contribution in [3.63, 3.8) is 0 Å². The first kappa shape index (κ1) is 12.9. The zero-order valence-corrected chi connectivity index (χ0v) is 11.9. The first-order valence-corrected chi connectivity index (χ1v) is 6.66. The van der Waals surface area contributed by atoms with E-state index >= 15 is 0 Å². The lowest BCUT2D eigenvalue weighted by atomic mass is 9.83. The fourth-order valence-electron chi connectivity index (χ4n) is 2.93. The fourth-order valence-corrected chi connectivity index (χ4v) is 3.19. The molecule has 2 heteroatoms. The van der Waals surface area contributed by atoms with Crippen LogP contribution in [0.1, 0.15) is 55.0 Å². The molecule has 0 aromatic heterocycles. The standard InChI is InChI=1S/C15H21ClO/c1-9-7-12(16)10(2)14-11(9)5-6-15(3,4)8-13(14)17/h7,13,17H,5-6,8H2,1-4H3. The largest absolute Gasteiger partial charge is 0.388 e. The van der Waals surface area contributed by atoms with Gasteiger partial charge in [0, 0.05) is 5.02 Å². The summed E-state index contributed by atoms with van der Waals surface area (Å²) in [4.78, 5) is 0. The fraction of sp³-hybridized carbons (Fsp3) is 0.600. The van der Waals surface area contributed by atoms with Crippen LogP contribution in [0.4, 0.5) is 0 Å². The number of rotatable bonds is 0. The molecule has 1 aliphatic rings. The minimum absolute atomic E-state index is 0.198. The molecule has 1 N–H and O–H groups in total. The average Bonchev–Trinajstić information content (AvgIpc) is 2.31. The molecule has 17 heavy (non-hydrogen) atoms. The van der Waals surface area contributed by atoms with Crippen molar-refractivity contribution < 1.29 is 5.11 Å². The smallest absolute Gasteiger partial charge is 0.0801 e. The van der Waals surface area contributed by atoms with E-state index in [9.17, 15) is 5.11 Å². The third-order valence-electron chi connectivity index (χ3n) is 4.04. The van der Waals surface area contributed by atoms with E-state index in [1.165, 1.54) is 11.1 Å². The van der Waals surface area contributed by atoms with Gasteiger partial charge in [-0.15, -0.1) is 0 Å². The van der Waals surface area contributed by atoms with Crippen molar-refractivity contribution in [1.82, 2.24) is 0 Å². The number of fused-ring (bicyclic) bond motifs is 1. The molecule has 0 fully saturated rings. The Bertz CT molecular complexity index is 449. The van der Waals surface area contributed by atoms with E-state index in [-0.39, 0.29) is 11.5 Å². The summed E-state index contributed by atoms with van der Waals surface area (Å²) in [5.74, 6) is 0. The topological polar surface area (TPSA) is 20.2 Å². The molecule has 0 aliphatic heterocycles. The monoisotopic (exact) mass is 252 g/mol. The van der Waals surface area contributed by atoms with E-state index in [2.05, 4.69) is 20.8 Å². The number of hydrogen-bond acceptors (Lipinski definition) is 1. The highest BCUT2D eigenvalue weighted by Gasteiger charge is 2.30. The Hall–Kier alpha value is -0.530. The normalized spacial score (nSPS) is 23.1. The van der Waals surface area contributed by atoms with E-state index in [0.717, 1.165) is 35.4 Å². The zero-order chi connectivity index (χ0) is 12.8. The lowest BCUT2D eigenvalue weighted by Gasteiger charge is -2.24. The Kier molecular flexibility index (Phi) is 3.26. The zero-order valence-electron chi connectivity index (χ0n) is 11.1. The molecule has 1 aromatic carbocycles. The average molecular weight is 253 g/mol. The van der Waals surface area contributed by atoms with Crippen LogP contribution in [-0.4, -0.2) is 5.11 Å². The van der Waals surface area contributed by atoms with Crippen molar-refractivity contribution in [2.45, 2.75) is 53.1 Å². The summed E-state index contributed by atoms with van der Waals surface area (Å²) >= 11 is 6.23. The minimum atomic E-state index is -0.375. The van der Waals surface area contributed by atoms with Crippen LogP contribution in [-0.2, 0) is 6.42 Å². The summed E-state index contributed by atoms with van der Waals surface area (Å²) in [5, 5.41) is 11.2. The van der Waals surface area contributed by atoms with Gasteiger partial charge in [0.25, 0.3) is 0 Å². The van der Waals surface area contributed by atoms with Crippen molar-refractivity contribution in [1.29, 1.82) is 0 Å². The van der Waals surface area contributed by atoms with Gasteiger partial charge in [0.05, 0.1) is 6.10 Å². The van der Waals surface area contributed by atoms with Crippen LogP contribution in [0.25, 0.3) is 0 Å². The van der Waals surface area contributed by atoms with E-state index in [0.29, 0.717) is 0 Å². The van der Waals surface area contributed by atoms with Gasteiger partial charge >= 0.3 is 0 Å². The maximum Gasteiger partial charge on any atom is 0.0801 e. The van der Waals surface area contributed by atoms with Crippen LogP contribution in [0.3, 0.4) is 0 Å². The second-order valence-corrected chi connectivity index (χ2v) is 6.48. The van der Waals surface area contributed by atoms with Crippen LogP contribution >= 0.6 is 11.6 Å². The van der Waals surface area contributed by atoms with Gasteiger partial charge < -0.3 is 5.11 Å². The van der Waals surface area contributed by atoms with Gasteiger partial charge in [0.2, 0.25) is 0 Å². The SMILES string of the molecule is Cc1cc(Cl)c(C)c2c1CCC(C)(C)CC2O. The van der Waals surface area contributed by atoms with Gasteiger partial charge in [-0.2, -0.15) is 0 Å². The summed E-state index contributed by atoms with van der Waals surface area (Å²) in [6.45, 7) is 8.57. The Labute approximate surface area is 109 Å². The Balaban J connectivity index is 2.59.